The third-order valence-electron chi connectivity index (χ3n) is 2.43. The summed E-state index contributed by atoms with van der Waals surface area (Å²) in [4.78, 5) is 0. The van der Waals surface area contributed by atoms with Crippen molar-refractivity contribution in [2.45, 2.75) is 12.4 Å². The van der Waals surface area contributed by atoms with Gasteiger partial charge in [-0.1, -0.05) is 0 Å². The van der Waals surface area contributed by atoms with Gasteiger partial charge >= 0.3 is 12.4 Å². The highest BCUT2D eigenvalue weighted by atomic mass is 19.3. The smallest absolute Gasteiger partial charge is 0.409 e. The van der Waals surface area contributed by atoms with Crippen molar-refractivity contribution in [1.82, 2.24) is 0 Å². The number of fused-ring (bicyclic) bond motifs is 1. The summed E-state index contributed by atoms with van der Waals surface area (Å²) in [6.45, 7) is 0. The maximum absolute atomic E-state index is 13.5. The van der Waals surface area contributed by atoms with Crippen LogP contribution in [0.2, 0.25) is 0 Å². The lowest BCUT2D eigenvalue weighted by Gasteiger charge is -2.30. The van der Waals surface area contributed by atoms with E-state index in [-0.39, 0.29) is 5.69 Å². The highest BCUT2D eigenvalue weighted by molar-refractivity contribution is 6.45. The number of anilines is 1. The first kappa shape index (κ1) is 15.5. The fraction of sp³-hybridized carbons (Fsp3) is 0.182. The minimum atomic E-state index is -4.45. The molecule has 1 aliphatic rings. The number of hydrogen-bond donors (Lipinski definition) is 3. The second-order valence-corrected chi connectivity index (χ2v) is 3.99. The van der Waals surface area contributed by atoms with Crippen molar-refractivity contribution in [3.63, 3.8) is 0 Å². The van der Waals surface area contributed by atoms with Crippen LogP contribution < -0.4 is 15.9 Å². The van der Waals surface area contributed by atoms with Crippen LogP contribution in [0.5, 0.6) is 5.75 Å². The Morgan fingerprint density at radius 3 is 2.64 bits per heavy atom. The molecule has 0 fully saturated rings. The van der Waals surface area contributed by atoms with Gasteiger partial charge in [-0.2, -0.15) is 19.1 Å². The van der Waals surface area contributed by atoms with Gasteiger partial charge in [0.15, 0.2) is 5.84 Å². The fourth-order valence-corrected chi connectivity index (χ4v) is 1.53. The van der Waals surface area contributed by atoms with E-state index in [0.29, 0.717) is 0 Å². The summed E-state index contributed by atoms with van der Waals surface area (Å²) in [7, 11) is 0. The van der Waals surface area contributed by atoms with Crippen molar-refractivity contribution in [2.24, 2.45) is 10.8 Å². The average molecular weight is 317 g/mol. The van der Waals surface area contributed by atoms with Gasteiger partial charge in [0, 0.05) is 0 Å². The van der Waals surface area contributed by atoms with E-state index in [1.807, 2.05) is 0 Å². The van der Waals surface area contributed by atoms with Crippen molar-refractivity contribution >= 4 is 17.2 Å². The summed E-state index contributed by atoms with van der Waals surface area (Å²) in [6.07, 6.45) is -8.73. The van der Waals surface area contributed by atoms with Crippen LogP contribution in [-0.4, -0.2) is 17.8 Å². The van der Waals surface area contributed by atoms with Crippen molar-refractivity contribution in [1.29, 1.82) is 10.7 Å². The number of alkyl halides is 4. The van der Waals surface area contributed by atoms with Crippen LogP contribution in [0.1, 0.15) is 5.56 Å². The lowest BCUT2D eigenvalue weighted by Crippen LogP contribution is -2.41. The van der Waals surface area contributed by atoms with E-state index in [1.165, 1.54) is 6.07 Å². The van der Waals surface area contributed by atoms with Gasteiger partial charge < -0.3 is 10.5 Å². The molecule has 2 rings (SSSR count). The molecule has 1 aromatic rings. The molecule has 0 radical (unpaired) electrons. The predicted molar refractivity (Wildman–Crippen MR) is 65.6 cm³/mol. The van der Waals surface area contributed by atoms with E-state index < -0.39 is 35.3 Å². The van der Waals surface area contributed by atoms with Gasteiger partial charge in [0.1, 0.15) is 11.8 Å². The highest BCUT2D eigenvalue weighted by Gasteiger charge is 2.54. The number of hydrazone groups is 1. The molecule has 1 heterocycles. The predicted octanol–water partition coefficient (Wildman–Crippen LogP) is 1.92. The number of rotatable bonds is 3. The molecular formula is C11H7F4N5O2. The number of nitrogens with zero attached hydrogens (tertiary/aromatic N) is 2. The molecule has 4 N–H and O–H groups in total. The summed E-state index contributed by atoms with van der Waals surface area (Å²) in [5.74, 6) is -1.40. The summed E-state index contributed by atoms with van der Waals surface area (Å²) in [6, 6.07) is 4.22. The molecule has 0 spiro atoms. The molecule has 0 saturated carbocycles. The monoisotopic (exact) mass is 317 g/mol. The Hall–Kier alpha value is -2.87. The Morgan fingerprint density at radius 2 is 2.05 bits per heavy atom. The molecule has 116 valence electrons. The van der Waals surface area contributed by atoms with Gasteiger partial charge in [0.05, 0.1) is 11.3 Å². The summed E-state index contributed by atoms with van der Waals surface area (Å²) >= 11 is 0. The number of nitrogens with one attached hydrogen (secondary N) is 2. The maximum atomic E-state index is 13.5. The summed E-state index contributed by atoms with van der Waals surface area (Å²) in [5, 5.41) is 19.1. The number of amidine groups is 1. The van der Waals surface area contributed by atoms with Crippen LogP contribution in [0, 0.1) is 16.7 Å². The third-order valence-corrected chi connectivity index (χ3v) is 2.43. The summed E-state index contributed by atoms with van der Waals surface area (Å²) < 4.78 is 60.0. The molecule has 0 saturated heterocycles. The van der Waals surface area contributed by atoms with Gasteiger partial charge in [-0.3, -0.25) is 10.8 Å². The molecule has 0 atom stereocenters. The number of nitriles is 1. The second-order valence-electron chi connectivity index (χ2n) is 3.99. The molecule has 0 aliphatic carbocycles. The van der Waals surface area contributed by atoms with E-state index in [0.717, 1.165) is 18.2 Å². The van der Waals surface area contributed by atoms with Crippen LogP contribution in [0.25, 0.3) is 0 Å². The SMILES string of the molecule is N#C/C(=N\Nc1ccc2c(c1)C(F)(F)OC(F)(F)O2)C(=N)N. The Bertz CT molecular complexity index is 698. The molecule has 11 heteroatoms. The zero-order valence-corrected chi connectivity index (χ0v) is 10.5. The summed E-state index contributed by atoms with van der Waals surface area (Å²) in [5.41, 5.74) is 5.73. The molecule has 0 unspecified atom stereocenters. The normalized spacial score (nSPS) is 18.6. The Morgan fingerprint density at radius 1 is 1.36 bits per heavy atom. The van der Waals surface area contributed by atoms with Crippen LogP contribution in [-0.2, 0) is 10.8 Å². The van der Waals surface area contributed by atoms with Crippen LogP contribution >= 0.6 is 0 Å². The zero-order chi connectivity index (χ0) is 16.5. The minimum Gasteiger partial charge on any atom is -0.409 e. The van der Waals surface area contributed by atoms with Crippen molar-refractivity contribution in [3.8, 4) is 11.8 Å². The zero-order valence-electron chi connectivity index (χ0n) is 10.5. The first-order valence-corrected chi connectivity index (χ1v) is 5.52. The van der Waals surface area contributed by atoms with Gasteiger partial charge in [-0.15, -0.1) is 8.78 Å². The number of halogens is 4. The quantitative estimate of drug-likeness (QED) is 0.341. The first-order valence-electron chi connectivity index (χ1n) is 5.52. The van der Waals surface area contributed by atoms with Crippen molar-refractivity contribution < 1.29 is 27.0 Å². The van der Waals surface area contributed by atoms with E-state index in [2.05, 4.69) is 20.0 Å². The van der Waals surface area contributed by atoms with Crippen molar-refractivity contribution in [2.75, 3.05) is 5.43 Å². The van der Waals surface area contributed by atoms with Crippen LogP contribution in [0.3, 0.4) is 0 Å². The molecule has 7 nitrogen and oxygen atoms in total. The highest BCUT2D eigenvalue weighted by Crippen LogP contribution is 2.46. The Labute approximate surface area is 120 Å². The van der Waals surface area contributed by atoms with E-state index in [4.69, 9.17) is 16.4 Å². The third kappa shape index (κ3) is 3.07. The minimum absolute atomic E-state index is 0.0789. The largest absolute Gasteiger partial charge is 0.540 e. The number of nitrogens with two attached hydrogens (primary N) is 1. The number of ether oxygens (including phenoxy) is 2. The fourth-order valence-electron chi connectivity index (χ4n) is 1.53. The van der Waals surface area contributed by atoms with E-state index in [1.54, 1.807) is 0 Å². The van der Waals surface area contributed by atoms with E-state index in [9.17, 15) is 17.6 Å². The molecule has 0 bridgehead atoms. The van der Waals surface area contributed by atoms with Gasteiger partial charge in [-0.25, -0.2) is 4.74 Å². The van der Waals surface area contributed by atoms with Crippen LogP contribution in [0.15, 0.2) is 23.3 Å². The number of hydrogen-bond acceptors (Lipinski definition) is 6. The lowest BCUT2D eigenvalue weighted by atomic mass is 10.1. The molecule has 0 aromatic heterocycles. The molecule has 1 aromatic carbocycles. The standard InChI is InChI=1S/C11H7F4N5O2/c12-10(13)6-3-5(19-20-7(4-16)9(17)18)1-2-8(6)21-11(14,15)22-10/h1-3,19H,(H3,17,18)/b20-7+. The van der Waals surface area contributed by atoms with Crippen molar-refractivity contribution in [3.05, 3.63) is 23.8 Å². The molecule has 1 aliphatic heterocycles. The first-order chi connectivity index (χ1) is 10.1. The van der Waals surface area contributed by atoms with Crippen LogP contribution in [0.4, 0.5) is 23.2 Å². The van der Waals surface area contributed by atoms with Gasteiger partial charge in [0.2, 0.25) is 5.71 Å². The molecule has 0 amide bonds. The number of benzene rings is 1. The Kier molecular flexibility index (Phi) is 3.63. The average Bonchev–Trinajstić information content (AvgIpc) is 2.37. The van der Waals surface area contributed by atoms with Gasteiger partial charge in [-0.05, 0) is 18.2 Å². The molecular weight excluding hydrogens is 310 g/mol. The maximum Gasteiger partial charge on any atom is 0.540 e. The lowest BCUT2D eigenvalue weighted by molar-refractivity contribution is -0.461. The second kappa shape index (κ2) is 5.15. The topological polar surface area (TPSA) is 117 Å². The van der Waals surface area contributed by atoms with E-state index >= 15 is 0 Å². The van der Waals surface area contributed by atoms with Gasteiger partial charge in [0.25, 0.3) is 0 Å². The Balaban J connectivity index is 2.33. The molecule has 22 heavy (non-hydrogen) atoms.